The monoisotopic (exact) mass is 462 g/mol. The van der Waals surface area contributed by atoms with E-state index in [-0.39, 0.29) is 17.6 Å². The average molecular weight is 463 g/mol. The van der Waals surface area contributed by atoms with Crippen molar-refractivity contribution < 1.29 is 9.18 Å². The van der Waals surface area contributed by atoms with Gasteiger partial charge in [0.1, 0.15) is 5.82 Å². The Balaban J connectivity index is 1.28. The van der Waals surface area contributed by atoms with Crippen LogP contribution in [0.5, 0.6) is 0 Å². The highest BCUT2D eigenvalue weighted by molar-refractivity contribution is 7.99. The van der Waals surface area contributed by atoms with Gasteiger partial charge in [-0.25, -0.2) is 14.4 Å². The Bertz CT molecular complexity index is 1220. The summed E-state index contributed by atoms with van der Waals surface area (Å²) in [4.78, 5) is 25.7. The van der Waals surface area contributed by atoms with Crippen LogP contribution in [0.2, 0.25) is 0 Å². The first kappa shape index (κ1) is 20.9. The molecule has 0 spiro atoms. The summed E-state index contributed by atoms with van der Waals surface area (Å²) < 4.78 is 13.2. The summed E-state index contributed by atoms with van der Waals surface area (Å²) in [7, 11) is 0. The minimum Gasteiger partial charge on any atom is -0.310 e. The van der Waals surface area contributed by atoms with Crippen molar-refractivity contribution in [3.05, 3.63) is 65.6 Å². The maximum Gasteiger partial charge on any atom is 0.305 e. The number of aliphatic imine (C=N–C) groups is 1. The maximum absolute atomic E-state index is 13.2. The number of rotatable bonds is 5. The van der Waals surface area contributed by atoms with Crippen molar-refractivity contribution in [1.29, 1.82) is 5.26 Å². The molecule has 32 heavy (non-hydrogen) atoms. The molecule has 3 unspecified atom stereocenters. The zero-order valence-corrected chi connectivity index (χ0v) is 18.7. The van der Waals surface area contributed by atoms with E-state index in [1.165, 1.54) is 23.5 Å². The van der Waals surface area contributed by atoms with E-state index in [1.54, 1.807) is 41.2 Å². The van der Waals surface area contributed by atoms with Gasteiger partial charge in [-0.1, -0.05) is 30.0 Å². The molecule has 5 nitrogen and oxygen atoms in total. The van der Waals surface area contributed by atoms with E-state index in [2.05, 4.69) is 16.2 Å². The molecule has 5 rings (SSSR count). The van der Waals surface area contributed by atoms with E-state index >= 15 is 0 Å². The molecule has 160 valence electrons. The molecule has 1 saturated carbocycles. The van der Waals surface area contributed by atoms with Crippen molar-refractivity contribution >= 4 is 35.2 Å². The summed E-state index contributed by atoms with van der Waals surface area (Å²) in [6, 6.07) is 14.3. The van der Waals surface area contributed by atoms with Crippen LogP contribution in [0.25, 0.3) is 10.4 Å². The molecule has 2 fully saturated rings. The number of carbonyl (C=O) groups is 1. The van der Waals surface area contributed by atoms with Gasteiger partial charge in [0.15, 0.2) is 11.2 Å². The molecule has 0 radical (unpaired) electrons. The smallest absolute Gasteiger partial charge is 0.305 e. The number of benzene rings is 2. The number of hydrogen-bond donors (Lipinski definition) is 0. The van der Waals surface area contributed by atoms with Crippen LogP contribution >= 0.6 is 23.1 Å². The molecule has 2 aromatic carbocycles. The Labute approximate surface area is 193 Å². The first-order valence-electron chi connectivity index (χ1n) is 10.3. The van der Waals surface area contributed by atoms with Gasteiger partial charge in [-0.3, -0.25) is 4.79 Å². The second-order valence-corrected chi connectivity index (χ2v) is 10.1. The third kappa shape index (κ3) is 4.18. The Morgan fingerprint density at radius 1 is 1.25 bits per heavy atom. The molecule has 2 heterocycles. The van der Waals surface area contributed by atoms with Crippen molar-refractivity contribution in [2.45, 2.75) is 16.2 Å². The van der Waals surface area contributed by atoms with Crippen molar-refractivity contribution in [3.63, 3.8) is 0 Å². The molecule has 1 saturated heterocycles. The van der Waals surface area contributed by atoms with E-state index < -0.39 is 0 Å². The van der Waals surface area contributed by atoms with Crippen molar-refractivity contribution in [2.24, 2.45) is 22.7 Å². The number of thiazole rings is 1. The van der Waals surface area contributed by atoms with Gasteiger partial charge >= 0.3 is 5.91 Å². The molecule has 1 aliphatic carbocycles. The van der Waals surface area contributed by atoms with Gasteiger partial charge < -0.3 is 4.90 Å². The lowest BCUT2D eigenvalue weighted by molar-refractivity contribution is 0.1000. The van der Waals surface area contributed by atoms with Gasteiger partial charge in [-0.2, -0.15) is 5.26 Å². The number of aromatic nitrogens is 1. The highest BCUT2D eigenvalue weighted by Crippen LogP contribution is 2.44. The minimum atomic E-state index is -0.330. The molecule has 1 aromatic heterocycles. The van der Waals surface area contributed by atoms with Gasteiger partial charge in [-0.15, -0.1) is 11.3 Å². The molecule has 1 amide bonds. The predicted octanol–water partition coefficient (Wildman–Crippen LogP) is 5.36. The third-order valence-corrected chi connectivity index (χ3v) is 8.13. The molecule has 8 heteroatoms. The van der Waals surface area contributed by atoms with Gasteiger partial charge in [0.25, 0.3) is 0 Å². The topological polar surface area (TPSA) is 69.3 Å². The summed E-state index contributed by atoms with van der Waals surface area (Å²) in [5.41, 5.74) is 0.978. The standard InChI is InChI=1S/C24H19FN4OS2/c25-17-5-7-18(8-6-17)31-21-4-2-1-3-19(21)22-11-28-24(32-22)23(30)27-10-15-9-16-12-29(14-26)13-20(15)16/h1-8,10-11,15-16,20H,9,12-13H2/b27-10-. The molecular weight excluding hydrogens is 443 g/mol. The quantitative estimate of drug-likeness (QED) is 0.377. The van der Waals surface area contributed by atoms with Crippen molar-refractivity contribution in [1.82, 2.24) is 9.88 Å². The normalized spacial score (nSPS) is 21.9. The number of nitrogens with zero attached hydrogens (tertiary/aromatic N) is 4. The van der Waals surface area contributed by atoms with Gasteiger partial charge in [0.05, 0.1) is 4.88 Å². The van der Waals surface area contributed by atoms with Gasteiger partial charge in [-0.05, 0) is 54.5 Å². The van der Waals surface area contributed by atoms with Gasteiger partial charge in [0.2, 0.25) is 0 Å². The fourth-order valence-electron chi connectivity index (χ4n) is 4.32. The average Bonchev–Trinajstić information content (AvgIpc) is 3.41. The molecule has 0 N–H and O–H groups in total. The second-order valence-electron chi connectivity index (χ2n) is 7.99. The Kier molecular flexibility index (Phi) is 5.77. The first-order valence-corrected chi connectivity index (χ1v) is 12.0. The molecule has 2 aliphatic rings. The van der Waals surface area contributed by atoms with Crippen LogP contribution in [-0.2, 0) is 0 Å². The predicted molar refractivity (Wildman–Crippen MR) is 123 cm³/mol. The van der Waals surface area contributed by atoms with Gasteiger partial charge in [0, 0.05) is 40.9 Å². The summed E-state index contributed by atoms with van der Waals surface area (Å²) in [6.07, 6.45) is 6.66. The van der Waals surface area contributed by atoms with E-state index in [9.17, 15) is 9.18 Å². The van der Waals surface area contributed by atoms with Crippen LogP contribution in [0.4, 0.5) is 4.39 Å². The number of hydrogen-bond acceptors (Lipinski definition) is 6. The van der Waals surface area contributed by atoms with E-state index in [0.717, 1.165) is 39.7 Å². The minimum absolute atomic E-state index is 0.259. The summed E-state index contributed by atoms with van der Waals surface area (Å²) in [6.45, 7) is 1.58. The Morgan fingerprint density at radius 2 is 2.06 bits per heavy atom. The van der Waals surface area contributed by atoms with Crippen molar-refractivity contribution in [2.75, 3.05) is 13.1 Å². The fraction of sp³-hybridized carbons (Fsp3) is 0.250. The van der Waals surface area contributed by atoms with Crippen molar-refractivity contribution in [3.8, 4) is 16.6 Å². The zero-order chi connectivity index (χ0) is 22.1. The SMILES string of the molecule is N#CN1CC2CC(/C=N\C(=O)c3ncc(-c4ccccc4Sc4ccc(F)cc4)s3)C2C1. The number of likely N-dealkylation sites (tertiary alicyclic amines) is 1. The van der Waals surface area contributed by atoms with Crippen LogP contribution in [0, 0.1) is 35.0 Å². The van der Waals surface area contributed by atoms with E-state index in [4.69, 9.17) is 5.26 Å². The number of amides is 1. The van der Waals surface area contributed by atoms with Crippen LogP contribution in [-0.4, -0.2) is 35.1 Å². The summed E-state index contributed by atoms with van der Waals surface area (Å²) >= 11 is 2.86. The van der Waals surface area contributed by atoms with Crippen LogP contribution in [0.1, 0.15) is 16.2 Å². The molecule has 0 bridgehead atoms. The van der Waals surface area contributed by atoms with Crippen LogP contribution in [0.3, 0.4) is 0 Å². The Hall–Kier alpha value is -3.02. The largest absolute Gasteiger partial charge is 0.310 e. The van der Waals surface area contributed by atoms with E-state index in [0.29, 0.717) is 16.8 Å². The first-order chi connectivity index (χ1) is 15.6. The lowest BCUT2D eigenvalue weighted by atomic mass is 9.67. The van der Waals surface area contributed by atoms with E-state index in [1.807, 2.05) is 24.3 Å². The highest BCUT2D eigenvalue weighted by atomic mass is 32.2. The Morgan fingerprint density at radius 3 is 2.88 bits per heavy atom. The van der Waals surface area contributed by atoms with Crippen LogP contribution in [0.15, 0.2) is 69.5 Å². The van der Waals surface area contributed by atoms with Crippen LogP contribution < -0.4 is 0 Å². The number of halogens is 1. The summed E-state index contributed by atoms with van der Waals surface area (Å²) in [5, 5.41) is 9.42. The molecule has 1 aliphatic heterocycles. The zero-order valence-electron chi connectivity index (χ0n) is 17.0. The lowest BCUT2D eigenvalue weighted by Gasteiger charge is -2.36. The number of carbonyl (C=O) groups excluding carboxylic acids is 1. The molecular formula is C24H19FN4OS2. The number of fused-ring (bicyclic) bond motifs is 1. The maximum atomic E-state index is 13.2. The molecule has 3 atom stereocenters. The highest BCUT2D eigenvalue weighted by Gasteiger charge is 2.46. The molecule has 3 aromatic rings. The summed E-state index contributed by atoms with van der Waals surface area (Å²) in [5.74, 6) is 0.635. The lowest BCUT2D eigenvalue weighted by Crippen LogP contribution is -2.36. The third-order valence-electron chi connectivity index (χ3n) is 6.02. The fourth-order valence-corrected chi connectivity index (χ4v) is 6.19. The number of nitriles is 1. The second kappa shape index (κ2) is 8.85.